The first-order valence-electron chi connectivity index (χ1n) is 2.64. The van der Waals surface area contributed by atoms with Crippen molar-refractivity contribution < 1.29 is 9.84 Å². The minimum absolute atomic E-state index is 0.0764. The number of aliphatic hydroxyl groups excluding tert-OH is 1. The zero-order valence-electron chi connectivity index (χ0n) is 4.92. The van der Waals surface area contributed by atoms with Gasteiger partial charge >= 0.3 is 0 Å². The summed E-state index contributed by atoms with van der Waals surface area (Å²) in [5, 5.41) is 8.59. The molecule has 0 unspecified atom stereocenters. The van der Waals surface area contributed by atoms with Gasteiger partial charge in [-0.1, -0.05) is 6.08 Å². The van der Waals surface area contributed by atoms with Gasteiger partial charge in [-0.3, -0.25) is 0 Å². The van der Waals surface area contributed by atoms with Crippen molar-refractivity contribution in [2.45, 2.75) is 18.6 Å². The van der Waals surface area contributed by atoms with Gasteiger partial charge in [0, 0.05) is 0 Å². The molecule has 1 fully saturated rings. The van der Waals surface area contributed by atoms with Gasteiger partial charge in [0.1, 0.15) is 11.7 Å². The quantitative estimate of drug-likeness (QED) is 0.414. The highest BCUT2D eigenvalue weighted by Gasteiger charge is 2.49. The maximum Gasteiger partial charge on any atom is 0.119 e. The van der Waals surface area contributed by atoms with Crippen LogP contribution in [0.15, 0.2) is 12.7 Å². The average Bonchev–Trinajstić information content (AvgIpc) is 2.44. The van der Waals surface area contributed by atoms with Gasteiger partial charge < -0.3 is 9.84 Å². The van der Waals surface area contributed by atoms with Crippen LogP contribution in [0, 0.1) is 0 Å². The molecule has 0 bridgehead atoms. The molecule has 2 nitrogen and oxygen atoms in total. The molecule has 2 atom stereocenters. The van der Waals surface area contributed by atoms with Crippen molar-refractivity contribution in [2.24, 2.45) is 0 Å². The molecule has 8 heavy (non-hydrogen) atoms. The molecule has 0 aromatic carbocycles. The van der Waals surface area contributed by atoms with Crippen LogP contribution in [-0.2, 0) is 4.74 Å². The first-order chi connectivity index (χ1) is 3.73. The smallest absolute Gasteiger partial charge is 0.119 e. The van der Waals surface area contributed by atoms with Crippen molar-refractivity contribution in [2.75, 3.05) is 6.61 Å². The monoisotopic (exact) mass is 114 g/mol. The second kappa shape index (κ2) is 1.57. The summed E-state index contributed by atoms with van der Waals surface area (Å²) in [5.41, 5.74) is -0.304. The molecule has 1 saturated heterocycles. The lowest BCUT2D eigenvalue weighted by Gasteiger charge is -1.94. The maximum absolute atomic E-state index is 8.59. The Morgan fingerprint density at radius 2 is 2.62 bits per heavy atom. The van der Waals surface area contributed by atoms with E-state index in [2.05, 4.69) is 6.58 Å². The van der Waals surface area contributed by atoms with E-state index in [1.807, 2.05) is 6.92 Å². The number of epoxide rings is 1. The molecule has 0 aliphatic carbocycles. The number of hydrogen-bond donors (Lipinski definition) is 1. The molecule has 0 aromatic rings. The van der Waals surface area contributed by atoms with E-state index in [1.165, 1.54) is 0 Å². The summed E-state index contributed by atoms with van der Waals surface area (Å²) in [7, 11) is 0. The van der Waals surface area contributed by atoms with E-state index in [0.717, 1.165) is 0 Å². The van der Waals surface area contributed by atoms with Crippen LogP contribution < -0.4 is 0 Å². The van der Waals surface area contributed by atoms with Crippen molar-refractivity contribution >= 4 is 0 Å². The Morgan fingerprint density at radius 1 is 2.00 bits per heavy atom. The molecule has 1 aliphatic rings. The van der Waals surface area contributed by atoms with Gasteiger partial charge in [0.15, 0.2) is 0 Å². The molecule has 0 saturated carbocycles. The minimum atomic E-state index is -0.304. The Labute approximate surface area is 48.8 Å². The van der Waals surface area contributed by atoms with Gasteiger partial charge in [0.05, 0.1) is 6.61 Å². The molecular formula is C6H10O2. The summed E-state index contributed by atoms with van der Waals surface area (Å²) < 4.78 is 5.03. The third-order valence-corrected chi connectivity index (χ3v) is 1.47. The zero-order chi connectivity index (χ0) is 6.20. The van der Waals surface area contributed by atoms with Gasteiger partial charge in [-0.05, 0) is 6.92 Å². The Morgan fingerprint density at radius 3 is 2.75 bits per heavy atom. The van der Waals surface area contributed by atoms with Crippen molar-refractivity contribution in [1.29, 1.82) is 0 Å². The van der Waals surface area contributed by atoms with E-state index in [1.54, 1.807) is 6.08 Å². The molecule has 2 heteroatoms. The molecule has 0 amide bonds. The molecule has 1 heterocycles. The largest absolute Gasteiger partial charge is 0.393 e. The maximum atomic E-state index is 8.59. The van der Waals surface area contributed by atoms with Crippen LogP contribution in [0.4, 0.5) is 0 Å². The van der Waals surface area contributed by atoms with E-state index < -0.39 is 0 Å². The summed E-state index contributed by atoms with van der Waals surface area (Å²) >= 11 is 0. The predicted octanol–water partition coefficient (Wildman–Crippen LogP) is 0.322. The molecular weight excluding hydrogens is 104 g/mol. The van der Waals surface area contributed by atoms with Gasteiger partial charge in [0.25, 0.3) is 0 Å². The first-order valence-corrected chi connectivity index (χ1v) is 2.64. The van der Waals surface area contributed by atoms with Crippen molar-refractivity contribution in [1.82, 2.24) is 0 Å². The van der Waals surface area contributed by atoms with Gasteiger partial charge in [-0.2, -0.15) is 0 Å². The van der Waals surface area contributed by atoms with Crippen LogP contribution in [0.2, 0.25) is 0 Å². The SMILES string of the molecule is C=C[C@@H]1O[C@@]1(C)CO. The minimum Gasteiger partial charge on any atom is -0.393 e. The number of hydrogen-bond acceptors (Lipinski definition) is 2. The predicted molar refractivity (Wildman–Crippen MR) is 30.6 cm³/mol. The molecule has 46 valence electrons. The van der Waals surface area contributed by atoms with E-state index in [9.17, 15) is 0 Å². The fourth-order valence-corrected chi connectivity index (χ4v) is 0.681. The zero-order valence-corrected chi connectivity index (χ0v) is 4.92. The van der Waals surface area contributed by atoms with E-state index >= 15 is 0 Å². The summed E-state index contributed by atoms with van der Waals surface area (Å²) in [4.78, 5) is 0. The van der Waals surface area contributed by atoms with Crippen LogP contribution in [0.3, 0.4) is 0 Å². The molecule has 1 aliphatic heterocycles. The van der Waals surface area contributed by atoms with Crippen LogP contribution >= 0.6 is 0 Å². The highest BCUT2D eigenvalue weighted by molar-refractivity contribution is 5.07. The van der Waals surface area contributed by atoms with Crippen LogP contribution in [0.25, 0.3) is 0 Å². The summed E-state index contributed by atoms with van der Waals surface area (Å²) in [5.74, 6) is 0. The van der Waals surface area contributed by atoms with Gasteiger partial charge in [0.2, 0.25) is 0 Å². The van der Waals surface area contributed by atoms with Crippen LogP contribution in [0.1, 0.15) is 6.92 Å². The first kappa shape index (κ1) is 5.79. The van der Waals surface area contributed by atoms with E-state index in [0.29, 0.717) is 0 Å². The fourth-order valence-electron chi connectivity index (χ4n) is 0.681. The van der Waals surface area contributed by atoms with Crippen molar-refractivity contribution in [3.63, 3.8) is 0 Å². The highest BCUT2D eigenvalue weighted by Crippen LogP contribution is 2.35. The van der Waals surface area contributed by atoms with Crippen LogP contribution in [0.5, 0.6) is 0 Å². The summed E-state index contributed by atoms with van der Waals surface area (Å²) in [6.45, 7) is 5.48. The number of rotatable bonds is 2. The van der Waals surface area contributed by atoms with Gasteiger partial charge in [-0.25, -0.2) is 0 Å². The summed E-state index contributed by atoms with van der Waals surface area (Å²) in [6, 6.07) is 0. The van der Waals surface area contributed by atoms with Crippen LogP contribution in [-0.4, -0.2) is 23.4 Å². The van der Waals surface area contributed by atoms with E-state index in [-0.39, 0.29) is 18.3 Å². The second-order valence-electron chi connectivity index (χ2n) is 2.24. The third kappa shape index (κ3) is 0.659. The van der Waals surface area contributed by atoms with E-state index in [4.69, 9.17) is 9.84 Å². The molecule has 1 N–H and O–H groups in total. The standard InChI is InChI=1S/C6H10O2/c1-3-5-6(2,4-7)8-5/h3,5,7H,1,4H2,2H3/t5-,6-/m0/s1. The topological polar surface area (TPSA) is 32.8 Å². The second-order valence-corrected chi connectivity index (χ2v) is 2.24. The lowest BCUT2D eigenvalue weighted by Crippen LogP contribution is -2.13. The fraction of sp³-hybridized carbons (Fsp3) is 0.667. The number of ether oxygens (including phenoxy) is 1. The summed E-state index contributed by atoms with van der Waals surface area (Å²) in [6.07, 6.45) is 1.78. The lowest BCUT2D eigenvalue weighted by molar-refractivity contribution is 0.185. The Hall–Kier alpha value is -0.340. The number of aliphatic hydroxyl groups is 1. The lowest BCUT2D eigenvalue weighted by atomic mass is 10.1. The molecule has 1 rings (SSSR count). The Balaban J connectivity index is 2.42. The molecule has 0 aromatic heterocycles. The molecule has 0 radical (unpaired) electrons. The Kier molecular flexibility index (Phi) is 1.14. The average molecular weight is 114 g/mol. The molecule has 0 spiro atoms. The van der Waals surface area contributed by atoms with Gasteiger partial charge in [-0.15, -0.1) is 6.58 Å². The van der Waals surface area contributed by atoms with Crippen molar-refractivity contribution in [3.05, 3.63) is 12.7 Å². The Bertz CT molecular complexity index is 111. The highest BCUT2D eigenvalue weighted by atomic mass is 16.6. The normalized spacial score (nSPS) is 44.0. The van der Waals surface area contributed by atoms with Crippen molar-refractivity contribution in [3.8, 4) is 0 Å². The third-order valence-electron chi connectivity index (χ3n) is 1.47.